The lowest BCUT2D eigenvalue weighted by Crippen LogP contribution is -2.73. The van der Waals surface area contributed by atoms with Crippen LogP contribution in [0.15, 0.2) is 18.2 Å². The van der Waals surface area contributed by atoms with Gasteiger partial charge in [0.2, 0.25) is 11.8 Å². The smallest absolute Gasteiger partial charge is 0.246 e. The molecule has 1 spiro atoms. The van der Waals surface area contributed by atoms with Crippen LogP contribution in [0.3, 0.4) is 0 Å². The molecule has 2 amide bonds. The molecule has 1 N–H and O–H groups in total. The van der Waals surface area contributed by atoms with Gasteiger partial charge in [0.25, 0.3) is 0 Å². The van der Waals surface area contributed by atoms with Crippen LogP contribution in [0, 0.1) is 5.92 Å². The molecule has 0 aliphatic carbocycles. The zero-order valence-electron chi connectivity index (χ0n) is 21.3. The third-order valence-electron chi connectivity index (χ3n) is 8.15. The van der Waals surface area contributed by atoms with Crippen molar-refractivity contribution in [3.05, 3.63) is 23.8 Å². The lowest BCUT2D eigenvalue weighted by atomic mass is 9.80. The van der Waals surface area contributed by atoms with Gasteiger partial charge in [0.05, 0.1) is 0 Å². The second kappa shape index (κ2) is 12.0. The summed E-state index contributed by atoms with van der Waals surface area (Å²) in [6, 6.07) is 5.73. The van der Waals surface area contributed by atoms with Gasteiger partial charge >= 0.3 is 0 Å². The molecular weight excluding hydrogens is 482 g/mol. The lowest BCUT2D eigenvalue weighted by molar-refractivity contribution is -0.162. The van der Waals surface area contributed by atoms with Crippen LogP contribution in [0.4, 0.5) is 0 Å². The van der Waals surface area contributed by atoms with Crippen molar-refractivity contribution in [2.45, 2.75) is 70.0 Å². The van der Waals surface area contributed by atoms with Gasteiger partial charge in [-0.1, -0.05) is 19.4 Å². The van der Waals surface area contributed by atoms with Crippen LogP contribution >= 0.6 is 12.4 Å². The Kier molecular flexibility index (Phi) is 9.01. The van der Waals surface area contributed by atoms with Crippen molar-refractivity contribution in [1.29, 1.82) is 0 Å². The molecule has 3 fully saturated rings. The molecule has 4 heterocycles. The number of rotatable bonds is 7. The van der Waals surface area contributed by atoms with Gasteiger partial charge in [-0.05, 0) is 62.1 Å². The number of nitrogens with one attached hydrogen (secondary N) is 1. The molecule has 1 atom stereocenters. The van der Waals surface area contributed by atoms with E-state index >= 15 is 0 Å². The zero-order chi connectivity index (χ0) is 24.3. The summed E-state index contributed by atoms with van der Waals surface area (Å²) in [5.41, 5.74) is 0.454. The molecule has 3 saturated heterocycles. The van der Waals surface area contributed by atoms with Gasteiger partial charge < -0.3 is 24.4 Å². The Hall–Kier alpha value is -2.03. The molecule has 1 aromatic rings. The van der Waals surface area contributed by atoms with Gasteiger partial charge in [0.1, 0.15) is 24.8 Å². The van der Waals surface area contributed by atoms with E-state index < -0.39 is 11.6 Å². The predicted octanol–water partition coefficient (Wildman–Crippen LogP) is 3.16. The molecule has 4 aliphatic heterocycles. The average molecular weight is 522 g/mol. The number of ether oxygens (including phenoxy) is 3. The molecule has 0 bridgehead atoms. The summed E-state index contributed by atoms with van der Waals surface area (Å²) in [5.74, 6) is 2.21. The summed E-state index contributed by atoms with van der Waals surface area (Å²) in [6.45, 7) is 7.82. The summed E-state index contributed by atoms with van der Waals surface area (Å²) in [4.78, 5) is 31.6. The molecule has 5 rings (SSSR count). The van der Waals surface area contributed by atoms with Crippen molar-refractivity contribution in [1.82, 2.24) is 15.1 Å². The van der Waals surface area contributed by atoms with Gasteiger partial charge in [-0.3, -0.25) is 14.5 Å². The summed E-state index contributed by atoms with van der Waals surface area (Å²) in [5, 5.41) is 3.16. The van der Waals surface area contributed by atoms with Crippen LogP contribution in [0.1, 0.15) is 57.4 Å². The van der Waals surface area contributed by atoms with E-state index in [0.717, 1.165) is 76.5 Å². The zero-order valence-corrected chi connectivity index (χ0v) is 22.2. The number of fused-ring (bicyclic) bond motifs is 1. The number of halogens is 1. The Balaban J connectivity index is 0.00000304. The van der Waals surface area contributed by atoms with Gasteiger partial charge in [-0.2, -0.15) is 0 Å². The molecule has 8 nitrogen and oxygen atoms in total. The molecule has 200 valence electrons. The maximum Gasteiger partial charge on any atom is 0.246 e. The summed E-state index contributed by atoms with van der Waals surface area (Å²) < 4.78 is 16.9. The van der Waals surface area contributed by atoms with Crippen LogP contribution in [0.5, 0.6) is 11.5 Å². The highest BCUT2D eigenvalue weighted by molar-refractivity contribution is 6.00. The van der Waals surface area contributed by atoms with E-state index in [1.807, 2.05) is 11.0 Å². The number of amides is 2. The van der Waals surface area contributed by atoms with Crippen LogP contribution in [0.2, 0.25) is 0 Å². The Morgan fingerprint density at radius 3 is 2.47 bits per heavy atom. The highest BCUT2D eigenvalue weighted by Crippen LogP contribution is 2.36. The Labute approximate surface area is 220 Å². The second-order valence-corrected chi connectivity index (χ2v) is 10.4. The number of nitrogens with zero attached hydrogens (tertiary/aromatic N) is 2. The van der Waals surface area contributed by atoms with Crippen molar-refractivity contribution in [3.8, 4) is 11.5 Å². The molecule has 36 heavy (non-hydrogen) atoms. The first kappa shape index (κ1) is 27.0. The van der Waals surface area contributed by atoms with E-state index in [4.69, 9.17) is 14.2 Å². The minimum atomic E-state index is -0.721. The monoisotopic (exact) mass is 521 g/mol. The van der Waals surface area contributed by atoms with Crippen molar-refractivity contribution in [2.75, 3.05) is 46.1 Å². The fourth-order valence-electron chi connectivity index (χ4n) is 6.01. The molecule has 4 aliphatic rings. The predicted molar refractivity (Wildman–Crippen MR) is 139 cm³/mol. The van der Waals surface area contributed by atoms with Gasteiger partial charge in [-0.25, -0.2) is 0 Å². The lowest BCUT2D eigenvalue weighted by Gasteiger charge is -2.52. The standard InChI is InChI=1S/C27H39N3O5.ClH/c1-2-3-10-30-25(31)22(17-20-6-13-33-14-7-20)28-26(32)27(30)8-11-29(12-9-27)19-21-4-5-23-24(18-21)35-16-15-34-23;/h4-5,18,20,22H,2-3,6-17,19H2,1H3,(H,28,32);1H. The highest BCUT2D eigenvalue weighted by atomic mass is 35.5. The number of carbonyl (C=O) groups excluding carboxylic acids is 2. The molecule has 0 radical (unpaired) electrons. The first-order chi connectivity index (χ1) is 17.1. The molecule has 0 saturated carbocycles. The number of benzene rings is 1. The number of likely N-dealkylation sites (tertiary alicyclic amines) is 1. The van der Waals surface area contributed by atoms with E-state index in [2.05, 4.69) is 29.3 Å². The Morgan fingerprint density at radius 2 is 1.75 bits per heavy atom. The fraction of sp³-hybridized carbons (Fsp3) is 0.704. The van der Waals surface area contributed by atoms with E-state index in [-0.39, 0.29) is 24.2 Å². The highest BCUT2D eigenvalue weighted by Gasteiger charge is 2.53. The molecule has 0 aromatic heterocycles. The number of unbranched alkanes of at least 4 members (excludes halogenated alkanes) is 1. The number of piperidine rings is 1. The largest absolute Gasteiger partial charge is 0.486 e. The molecular formula is C27H40ClN3O5. The number of hydrogen-bond acceptors (Lipinski definition) is 6. The first-order valence-corrected chi connectivity index (χ1v) is 13.4. The number of piperazine rings is 1. The average Bonchev–Trinajstić information content (AvgIpc) is 2.89. The quantitative estimate of drug-likeness (QED) is 0.593. The van der Waals surface area contributed by atoms with Crippen LogP contribution in [0.25, 0.3) is 0 Å². The molecule has 1 aromatic carbocycles. The van der Waals surface area contributed by atoms with Crippen molar-refractivity contribution in [3.63, 3.8) is 0 Å². The van der Waals surface area contributed by atoms with Gasteiger partial charge in [-0.15, -0.1) is 12.4 Å². The third kappa shape index (κ3) is 5.60. The van der Waals surface area contributed by atoms with Crippen LogP contribution in [-0.2, 0) is 20.9 Å². The van der Waals surface area contributed by atoms with E-state index in [9.17, 15) is 9.59 Å². The SMILES string of the molecule is CCCCN1C(=O)C(CC2CCOCC2)NC(=O)C12CCN(Cc1ccc3c(c1)OCCO3)CC2.Cl. The van der Waals surface area contributed by atoms with Crippen molar-refractivity contribution in [2.24, 2.45) is 5.92 Å². The van der Waals surface area contributed by atoms with Gasteiger partial charge in [0, 0.05) is 39.4 Å². The van der Waals surface area contributed by atoms with E-state index in [1.54, 1.807) is 0 Å². The summed E-state index contributed by atoms with van der Waals surface area (Å²) >= 11 is 0. The fourth-order valence-corrected chi connectivity index (χ4v) is 6.01. The maximum atomic E-state index is 13.7. The third-order valence-corrected chi connectivity index (χ3v) is 8.15. The van der Waals surface area contributed by atoms with Crippen molar-refractivity contribution < 1.29 is 23.8 Å². The van der Waals surface area contributed by atoms with Crippen LogP contribution in [-0.4, -0.2) is 79.3 Å². The van der Waals surface area contributed by atoms with Gasteiger partial charge in [0.15, 0.2) is 11.5 Å². The Bertz CT molecular complexity index is 915. The molecule has 1 unspecified atom stereocenters. The normalized spacial score (nSPS) is 24.4. The summed E-state index contributed by atoms with van der Waals surface area (Å²) in [6.07, 6.45) is 5.92. The number of hydrogen-bond donors (Lipinski definition) is 1. The van der Waals surface area contributed by atoms with Crippen LogP contribution < -0.4 is 14.8 Å². The first-order valence-electron chi connectivity index (χ1n) is 13.4. The maximum absolute atomic E-state index is 13.7. The number of carbonyl (C=O) groups is 2. The Morgan fingerprint density at radius 1 is 1.03 bits per heavy atom. The topological polar surface area (TPSA) is 80.3 Å². The minimum Gasteiger partial charge on any atom is -0.486 e. The molecule has 9 heteroatoms. The van der Waals surface area contributed by atoms with E-state index in [0.29, 0.717) is 38.5 Å². The van der Waals surface area contributed by atoms with E-state index in [1.165, 1.54) is 5.56 Å². The second-order valence-electron chi connectivity index (χ2n) is 10.4. The summed E-state index contributed by atoms with van der Waals surface area (Å²) in [7, 11) is 0. The minimum absolute atomic E-state index is 0. The van der Waals surface area contributed by atoms with Crippen molar-refractivity contribution >= 4 is 24.2 Å².